The van der Waals surface area contributed by atoms with E-state index in [0.29, 0.717) is 19.5 Å². The number of imidazole rings is 1. The summed E-state index contributed by atoms with van der Waals surface area (Å²) in [5, 5.41) is 18.2. The summed E-state index contributed by atoms with van der Waals surface area (Å²) >= 11 is 0. The third kappa shape index (κ3) is 2.93. The summed E-state index contributed by atoms with van der Waals surface area (Å²) in [5.41, 5.74) is 0. The van der Waals surface area contributed by atoms with Crippen LogP contribution in [0.4, 0.5) is 0 Å². The lowest BCUT2D eigenvalue weighted by atomic mass is 9.85. The molecule has 0 aliphatic carbocycles. The zero-order valence-corrected chi connectivity index (χ0v) is 10.7. The van der Waals surface area contributed by atoms with Crippen LogP contribution >= 0.6 is 0 Å². The molecule has 1 saturated heterocycles. The largest absolute Gasteiger partial charge is 0.481 e. The quantitative estimate of drug-likeness (QED) is 0.799. The van der Waals surface area contributed by atoms with Crippen molar-refractivity contribution in [3.05, 3.63) is 18.2 Å². The van der Waals surface area contributed by atoms with Crippen LogP contribution in [0.3, 0.4) is 0 Å². The van der Waals surface area contributed by atoms with Crippen molar-refractivity contribution in [2.75, 3.05) is 13.1 Å². The predicted molar refractivity (Wildman–Crippen MR) is 65.4 cm³/mol. The van der Waals surface area contributed by atoms with Gasteiger partial charge in [-0.3, -0.25) is 14.5 Å². The number of carboxylic acid groups (broad SMARTS) is 2. The molecule has 104 valence electrons. The fourth-order valence-corrected chi connectivity index (χ4v) is 2.46. The highest BCUT2D eigenvalue weighted by Crippen LogP contribution is 2.25. The maximum Gasteiger partial charge on any atom is 0.308 e. The molecule has 7 nitrogen and oxygen atoms in total. The molecule has 0 aromatic carbocycles. The van der Waals surface area contributed by atoms with Crippen LogP contribution in [0.5, 0.6) is 0 Å². The van der Waals surface area contributed by atoms with Crippen LogP contribution in [0, 0.1) is 11.8 Å². The van der Waals surface area contributed by atoms with E-state index < -0.39 is 23.8 Å². The first-order valence-corrected chi connectivity index (χ1v) is 6.13. The van der Waals surface area contributed by atoms with Gasteiger partial charge in [-0.25, -0.2) is 4.98 Å². The molecule has 0 amide bonds. The van der Waals surface area contributed by atoms with Gasteiger partial charge in [-0.15, -0.1) is 0 Å². The second-order valence-electron chi connectivity index (χ2n) is 4.87. The average Bonchev–Trinajstić information content (AvgIpc) is 2.74. The van der Waals surface area contributed by atoms with Crippen molar-refractivity contribution in [3.63, 3.8) is 0 Å². The number of carbonyl (C=O) groups is 2. The molecule has 1 aliphatic rings. The monoisotopic (exact) mass is 267 g/mol. The molecule has 1 fully saturated rings. The maximum atomic E-state index is 11.2. The van der Waals surface area contributed by atoms with Crippen LogP contribution in [-0.4, -0.2) is 49.7 Å². The minimum Gasteiger partial charge on any atom is -0.481 e. The standard InChI is InChI=1S/C12H17N3O4/c1-14-5-3-13-10(14)7-15-4-2-8(11(16)17)9(6-15)12(18)19/h3,5,8-9H,2,4,6-7H2,1H3,(H,16,17)(H,18,19). The summed E-state index contributed by atoms with van der Waals surface area (Å²) in [7, 11) is 1.88. The van der Waals surface area contributed by atoms with E-state index in [0.717, 1.165) is 5.82 Å². The van der Waals surface area contributed by atoms with Crippen molar-refractivity contribution in [2.45, 2.75) is 13.0 Å². The smallest absolute Gasteiger partial charge is 0.308 e. The van der Waals surface area contributed by atoms with Gasteiger partial charge in [0.15, 0.2) is 0 Å². The molecule has 2 rings (SSSR count). The van der Waals surface area contributed by atoms with Crippen LogP contribution in [0.2, 0.25) is 0 Å². The Morgan fingerprint density at radius 2 is 2.05 bits per heavy atom. The molecule has 1 aromatic heterocycles. The van der Waals surface area contributed by atoms with Crippen molar-refractivity contribution in [1.82, 2.24) is 14.5 Å². The number of hydrogen-bond acceptors (Lipinski definition) is 4. The van der Waals surface area contributed by atoms with Gasteiger partial charge in [-0.2, -0.15) is 0 Å². The lowest BCUT2D eigenvalue weighted by Gasteiger charge is -2.34. The van der Waals surface area contributed by atoms with Gasteiger partial charge in [0.2, 0.25) is 0 Å². The van der Waals surface area contributed by atoms with Crippen molar-refractivity contribution >= 4 is 11.9 Å². The number of hydrogen-bond donors (Lipinski definition) is 2. The zero-order valence-electron chi connectivity index (χ0n) is 10.7. The third-order valence-corrected chi connectivity index (χ3v) is 3.62. The van der Waals surface area contributed by atoms with Crippen molar-refractivity contribution in [2.24, 2.45) is 18.9 Å². The number of carboxylic acids is 2. The van der Waals surface area contributed by atoms with E-state index in [2.05, 4.69) is 4.98 Å². The average molecular weight is 267 g/mol. The minimum atomic E-state index is -1.04. The molecule has 0 saturated carbocycles. The molecule has 2 heterocycles. The Hall–Kier alpha value is -1.89. The summed E-state index contributed by atoms with van der Waals surface area (Å²) in [6, 6.07) is 0. The Morgan fingerprint density at radius 3 is 2.58 bits per heavy atom. The van der Waals surface area contributed by atoms with Gasteiger partial charge in [0.05, 0.1) is 18.4 Å². The van der Waals surface area contributed by atoms with Gasteiger partial charge < -0.3 is 14.8 Å². The van der Waals surface area contributed by atoms with E-state index in [1.54, 1.807) is 6.20 Å². The molecule has 7 heteroatoms. The van der Waals surface area contributed by atoms with E-state index >= 15 is 0 Å². The predicted octanol–water partition coefficient (Wildman–Crippen LogP) is 0.0274. The normalized spacial score (nSPS) is 24.3. The molecular formula is C12H17N3O4. The first-order valence-electron chi connectivity index (χ1n) is 6.13. The third-order valence-electron chi connectivity index (χ3n) is 3.62. The van der Waals surface area contributed by atoms with E-state index in [-0.39, 0.29) is 6.54 Å². The summed E-state index contributed by atoms with van der Waals surface area (Å²) in [4.78, 5) is 28.4. The van der Waals surface area contributed by atoms with Crippen molar-refractivity contribution < 1.29 is 19.8 Å². The molecule has 1 aliphatic heterocycles. The van der Waals surface area contributed by atoms with Crippen LogP contribution in [0.25, 0.3) is 0 Å². The van der Waals surface area contributed by atoms with Crippen LogP contribution < -0.4 is 0 Å². The highest BCUT2D eigenvalue weighted by Gasteiger charge is 2.38. The van der Waals surface area contributed by atoms with Gasteiger partial charge >= 0.3 is 11.9 Å². The summed E-state index contributed by atoms with van der Waals surface area (Å²) < 4.78 is 1.87. The Labute approximate surface area is 110 Å². The van der Waals surface area contributed by atoms with E-state index in [9.17, 15) is 9.59 Å². The second kappa shape index (κ2) is 5.40. The molecule has 0 radical (unpaired) electrons. The maximum absolute atomic E-state index is 11.2. The summed E-state index contributed by atoms with van der Waals surface area (Å²) in [6.45, 7) is 1.37. The Kier molecular flexibility index (Phi) is 3.84. The van der Waals surface area contributed by atoms with Crippen LogP contribution in [0.1, 0.15) is 12.2 Å². The Morgan fingerprint density at radius 1 is 1.37 bits per heavy atom. The first-order chi connectivity index (χ1) is 8.99. The van der Waals surface area contributed by atoms with E-state index in [1.807, 2.05) is 22.7 Å². The number of likely N-dealkylation sites (tertiary alicyclic amines) is 1. The molecule has 2 N–H and O–H groups in total. The summed E-state index contributed by atoms with van der Waals surface area (Å²) in [5.74, 6) is -2.87. The van der Waals surface area contributed by atoms with Gasteiger partial charge in [-0.1, -0.05) is 0 Å². The number of aromatic nitrogens is 2. The van der Waals surface area contributed by atoms with Crippen LogP contribution in [0.15, 0.2) is 12.4 Å². The number of piperidine rings is 1. The number of rotatable bonds is 4. The van der Waals surface area contributed by atoms with Crippen molar-refractivity contribution in [1.29, 1.82) is 0 Å². The van der Waals surface area contributed by atoms with Crippen LogP contribution in [-0.2, 0) is 23.2 Å². The molecule has 0 spiro atoms. The van der Waals surface area contributed by atoms with Gasteiger partial charge in [0.25, 0.3) is 0 Å². The SMILES string of the molecule is Cn1ccnc1CN1CCC(C(=O)O)C(C(=O)O)C1. The minimum absolute atomic E-state index is 0.249. The number of aryl methyl sites for hydroxylation is 1. The van der Waals surface area contributed by atoms with Crippen molar-refractivity contribution in [3.8, 4) is 0 Å². The molecular weight excluding hydrogens is 250 g/mol. The van der Waals surface area contributed by atoms with E-state index in [1.165, 1.54) is 0 Å². The number of nitrogens with zero attached hydrogens (tertiary/aromatic N) is 3. The van der Waals surface area contributed by atoms with Gasteiger partial charge in [0.1, 0.15) is 5.82 Å². The molecule has 2 atom stereocenters. The van der Waals surface area contributed by atoms with Gasteiger partial charge in [-0.05, 0) is 13.0 Å². The first kappa shape index (κ1) is 13.5. The van der Waals surface area contributed by atoms with Gasteiger partial charge in [0, 0.05) is 26.0 Å². The summed E-state index contributed by atoms with van der Waals surface area (Å²) in [6.07, 6.45) is 3.87. The fourth-order valence-electron chi connectivity index (χ4n) is 2.46. The molecule has 19 heavy (non-hydrogen) atoms. The molecule has 0 bridgehead atoms. The molecule has 1 aromatic rings. The Balaban J connectivity index is 2.05. The number of aliphatic carboxylic acids is 2. The highest BCUT2D eigenvalue weighted by atomic mass is 16.4. The molecule has 2 unspecified atom stereocenters. The lowest BCUT2D eigenvalue weighted by Crippen LogP contribution is -2.46. The van der Waals surface area contributed by atoms with E-state index in [4.69, 9.17) is 10.2 Å². The second-order valence-corrected chi connectivity index (χ2v) is 4.87. The Bertz CT molecular complexity index is 485. The lowest BCUT2D eigenvalue weighted by molar-refractivity contribution is -0.157. The highest BCUT2D eigenvalue weighted by molar-refractivity contribution is 5.80. The zero-order chi connectivity index (χ0) is 14.0. The topological polar surface area (TPSA) is 95.7 Å². The fraction of sp³-hybridized carbons (Fsp3) is 0.583.